The van der Waals surface area contributed by atoms with Crippen LogP contribution in [0, 0.1) is 5.82 Å². The van der Waals surface area contributed by atoms with Gasteiger partial charge in [-0.1, -0.05) is 17.7 Å². The molecule has 0 radical (unpaired) electrons. The summed E-state index contributed by atoms with van der Waals surface area (Å²) in [6.45, 7) is 1.37. The highest BCUT2D eigenvalue weighted by atomic mass is 35.5. The van der Waals surface area contributed by atoms with E-state index in [1.807, 2.05) is 0 Å². The standard InChI is InChI=1S/C10H10ClFO2/c1-6(13)4-10(14)7-2-3-8(11)9(12)5-7/h2-3,5,10,14H,4H2,1H3/t10-/m0/s1. The van der Waals surface area contributed by atoms with Crippen LogP contribution in [-0.4, -0.2) is 10.9 Å². The van der Waals surface area contributed by atoms with Gasteiger partial charge in [0.1, 0.15) is 11.6 Å². The summed E-state index contributed by atoms with van der Waals surface area (Å²) < 4.78 is 12.9. The molecule has 0 aliphatic rings. The number of aliphatic hydroxyl groups is 1. The van der Waals surface area contributed by atoms with Crippen LogP contribution in [0.25, 0.3) is 0 Å². The second-order valence-corrected chi connectivity index (χ2v) is 3.50. The molecule has 0 aliphatic heterocycles. The van der Waals surface area contributed by atoms with Crippen molar-refractivity contribution in [1.82, 2.24) is 0 Å². The highest BCUT2D eigenvalue weighted by Gasteiger charge is 2.11. The van der Waals surface area contributed by atoms with Crippen LogP contribution in [0.1, 0.15) is 25.0 Å². The van der Waals surface area contributed by atoms with E-state index in [1.165, 1.54) is 19.1 Å². The van der Waals surface area contributed by atoms with E-state index in [0.29, 0.717) is 5.56 Å². The third kappa shape index (κ3) is 2.79. The molecule has 1 rings (SSSR count). The van der Waals surface area contributed by atoms with Crippen LogP contribution >= 0.6 is 11.6 Å². The summed E-state index contributed by atoms with van der Waals surface area (Å²) in [7, 11) is 0. The first-order valence-corrected chi connectivity index (χ1v) is 4.51. The van der Waals surface area contributed by atoms with Gasteiger partial charge in [0.25, 0.3) is 0 Å². The molecule has 1 atom stereocenters. The van der Waals surface area contributed by atoms with Gasteiger partial charge in [0.05, 0.1) is 11.1 Å². The average molecular weight is 217 g/mol. The summed E-state index contributed by atoms with van der Waals surface area (Å²) in [5.74, 6) is -0.736. The van der Waals surface area contributed by atoms with Crippen molar-refractivity contribution in [2.75, 3.05) is 0 Å². The highest BCUT2D eigenvalue weighted by Crippen LogP contribution is 2.22. The Hall–Kier alpha value is -0.930. The Balaban J connectivity index is 2.85. The lowest BCUT2D eigenvalue weighted by Crippen LogP contribution is -2.03. The maximum absolute atomic E-state index is 12.9. The number of hydrogen-bond donors (Lipinski definition) is 1. The second kappa shape index (κ2) is 4.53. The second-order valence-electron chi connectivity index (χ2n) is 3.10. The van der Waals surface area contributed by atoms with Gasteiger partial charge in [-0.2, -0.15) is 0 Å². The number of ketones is 1. The van der Waals surface area contributed by atoms with Crippen molar-refractivity contribution in [3.05, 3.63) is 34.6 Å². The fourth-order valence-electron chi connectivity index (χ4n) is 1.11. The Labute approximate surface area is 86.3 Å². The summed E-state index contributed by atoms with van der Waals surface area (Å²) in [4.78, 5) is 10.7. The van der Waals surface area contributed by atoms with Crippen molar-refractivity contribution in [2.24, 2.45) is 0 Å². The van der Waals surface area contributed by atoms with Crippen molar-refractivity contribution in [3.8, 4) is 0 Å². The van der Waals surface area contributed by atoms with Crippen LogP contribution in [0.2, 0.25) is 5.02 Å². The lowest BCUT2D eigenvalue weighted by molar-refractivity contribution is -0.118. The van der Waals surface area contributed by atoms with Crippen LogP contribution in [0.15, 0.2) is 18.2 Å². The molecule has 4 heteroatoms. The molecule has 0 spiro atoms. The predicted molar refractivity (Wildman–Crippen MR) is 51.7 cm³/mol. The molecule has 76 valence electrons. The van der Waals surface area contributed by atoms with E-state index >= 15 is 0 Å². The van der Waals surface area contributed by atoms with Crippen molar-refractivity contribution in [3.63, 3.8) is 0 Å². The fourth-order valence-corrected chi connectivity index (χ4v) is 1.23. The normalized spacial score (nSPS) is 12.6. The van der Waals surface area contributed by atoms with Crippen LogP contribution in [-0.2, 0) is 4.79 Å². The van der Waals surface area contributed by atoms with E-state index in [0.717, 1.165) is 6.07 Å². The molecule has 1 aromatic carbocycles. The van der Waals surface area contributed by atoms with E-state index in [-0.39, 0.29) is 17.2 Å². The van der Waals surface area contributed by atoms with E-state index in [4.69, 9.17) is 11.6 Å². The molecule has 14 heavy (non-hydrogen) atoms. The Morgan fingerprint density at radius 2 is 2.29 bits per heavy atom. The van der Waals surface area contributed by atoms with Gasteiger partial charge < -0.3 is 5.11 Å². The number of benzene rings is 1. The molecule has 0 saturated heterocycles. The lowest BCUT2D eigenvalue weighted by atomic mass is 10.0. The van der Waals surface area contributed by atoms with Crippen molar-refractivity contribution < 1.29 is 14.3 Å². The van der Waals surface area contributed by atoms with E-state index in [1.54, 1.807) is 0 Å². The third-order valence-electron chi connectivity index (χ3n) is 1.81. The molecule has 0 fully saturated rings. The SMILES string of the molecule is CC(=O)C[C@H](O)c1ccc(Cl)c(F)c1. The van der Waals surface area contributed by atoms with Gasteiger partial charge in [-0.05, 0) is 24.6 Å². The van der Waals surface area contributed by atoms with Crippen LogP contribution < -0.4 is 0 Å². The van der Waals surface area contributed by atoms with Crippen LogP contribution in [0.4, 0.5) is 4.39 Å². The first-order chi connectivity index (χ1) is 6.50. The summed E-state index contributed by atoms with van der Waals surface area (Å²) >= 11 is 5.47. The summed E-state index contributed by atoms with van der Waals surface area (Å²) in [5, 5.41) is 9.48. The molecular weight excluding hydrogens is 207 g/mol. The number of hydrogen-bond acceptors (Lipinski definition) is 2. The highest BCUT2D eigenvalue weighted by molar-refractivity contribution is 6.30. The number of carbonyl (C=O) groups is 1. The average Bonchev–Trinajstić information content (AvgIpc) is 2.08. The number of carbonyl (C=O) groups excluding carboxylic acids is 1. The van der Waals surface area contributed by atoms with Gasteiger partial charge in [0.2, 0.25) is 0 Å². The lowest BCUT2D eigenvalue weighted by Gasteiger charge is -2.08. The van der Waals surface area contributed by atoms with Crippen molar-refractivity contribution in [2.45, 2.75) is 19.4 Å². The van der Waals surface area contributed by atoms with Gasteiger partial charge in [-0.15, -0.1) is 0 Å². The van der Waals surface area contributed by atoms with Crippen molar-refractivity contribution >= 4 is 17.4 Å². The minimum absolute atomic E-state index is 0.00350. The minimum Gasteiger partial charge on any atom is -0.388 e. The molecule has 0 amide bonds. The Morgan fingerprint density at radius 3 is 2.79 bits per heavy atom. The number of aliphatic hydroxyl groups excluding tert-OH is 1. The minimum atomic E-state index is -0.959. The van der Waals surface area contributed by atoms with Gasteiger partial charge in [0.15, 0.2) is 0 Å². The maximum atomic E-state index is 12.9. The first kappa shape index (κ1) is 11.1. The Morgan fingerprint density at radius 1 is 1.64 bits per heavy atom. The van der Waals surface area contributed by atoms with Gasteiger partial charge in [-0.3, -0.25) is 4.79 Å². The van der Waals surface area contributed by atoms with Gasteiger partial charge >= 0.3 is 0 Å². The molecule has 0 aromatic heterocycles. The van der Waals surface area contributed by atoms with E-state index < -0.39 is 11.9 Å². The molecular formula is C10H10ClFO2. The number of halogens is 2. The summed E-state index contributed by atoms with van der Waals surface area (Å²) in [5.41, 5.74) is 0.363. The number of rotatable bonds is 3. The van der Waals surface area contributed by atoms with E-state index in [2.05, 4.69) is 0 Å². The third-order valence-corrected chi connectivity index (χ3v) is 2.12. The quantitative estimate of drug-likeness (QED) is 0.843. The molecule has 0 saturated carbocycles. The zero-order valence-corrected chi connectivity index (χ0v) is 8.38. The molecule has 2 nitrogen and oxygen atoms in total. The van der Waals surface area contributed by atoms with Gasteiger partial charge in [-0.25, -0.2) is 4.39 Å². The predicted octanol–water partition coefficient (Wildman–Crippen LogP) is 2.49. The topological polar surface area (TPSA) is 37.3 Å². The molecule has 0 heterocycles. The Bertz CT molecular complexity index is 352. The smallest absolute Gasteiger partial charge is 0.142 e. The summed E-state index contributed by atoms with van der Waals surface area (Å²) in [6.07, 6.45) is -0.972. The largest absolute Gasteiger partial charge is 0.388 e. The fraction of sp³-hybridized carbons (Fsp3) is 0.300. The zero-order valence-electron chi connectivity index (χ0n) is 7.63. The molecule has 0 bridgehead atoms. The van der Waals surface area contributed by atoms with Gasteiger partial charge in [0, 0.05) is 6.42 Å². The number of Topliss-reactive ketones (excluding diaryl/α,β-unsaturated/α-hetero) is 1. The monoisotopic (exact) mass is 216 g/mol. The van der Waals surface area contributed by atoms with Crippen molar-refractivity contribution in [1.29, 1.82) is 0 Å². The first-order valence-electron chi connectivity index (χ1n) is 4.13. The molecule has 0 aliphatic carbocycles. The summed E-state index contributed by atoms with van der Waals surface area (Å²) in [6, 6.07) is 3.99. The van der Waals surface area contributed by atoms with Crippen LogP contribution in [0.3, 0.4) is 0 Å². The maximum Gasteiger partial charge on any atom is 0.142 e. The van der Waals surface area contributed by atoms with Crippen LogP contribution in [0.5, 0.6) is 0 Å². The molecule has 1 N–H and O–H groups in total. The zero-order chi connectivity index (χ0) is 10.7. The molecule has 1 aromatic rings. The Kier molecular flexibility index (Phi) is 3.61. The van der Waals surface area contributed by atoms with E-state index in [9.17, 15) is 14.3 Å². The molecule has 0 unspecified atom stereocenters.